The predicted molar refractivity (Wildman–Crippen MR) is 94.7 cm³/mol. The third-order valence-electron chi connectivity index (χ3n) is 4.33. The quantitative estimate of drug-likeness (QED) is 0.820. The topological polar surface area (TPSA) is 72.2 Å². The highest BCUT2D eigenvalue weighted by atomic mass is 16.5. The number of hydrogen-bond donors (Lipinski definition) is 0. The summed E-state index contributed by atoms with van der Waals surface area (Å²) in [6.07, 6.45) is 2.92. The molecule has 0 radical (unpaired) electrons. The number of methoxy groups -OCH3 is 1. The second-order valence-corrected chi connectivity index (χ2v) is 5.90. The zero-order valence-corrected chi connectivity index (χ0v) is 14.9. The number of ether oxygens (including phenoxy) is 2. The van der Waals surface area contributed by atoms with Gasteiger partial charge in [0.2, 0.25) is 0 Å². The van der Waals surface area contributed by atoms with Crippen LogP contribution in [0.3, 0.4) is 0 Å². The summed E-state index contributed by atoms with van der Waals surface area (Å²) >= 11 is 0. The van der Waals surface area contributed by atoms with Crippen LogP contribution in [0.15, 0.2) is 41.2 Å². The van der Waals surface area contributed by atoms with E-state index in [0.717, 1.165) is 0 Å². The van der Waals surface area contributed by atoms with Crippen molar-refractivity contribution in [3.05, 3.63) is 47.9 Å². The number of piperazine rings is 1. The van der Waals surface area contributed by atoms with E-state index >= 15 is 0 Å². The summed E-state index contributed by atoms with van der Waals surface area (Å²) in [4.78, 5) is 28.5. The van der Waals surface area contributed by atoms with Crippen molar-refractivity contribution in [1.29, 1.82) is 0 Å². The number of carbonyl (C=O) groups is 2. The Morgan fingerprint density at radius 3 is 2.19 bits per heavy atom. The van der Waals surface area contributed by atoms with E-state index in [1.54, 1.807) is 41.2 Å². The summed E-state index contributed by atoms with van der Waals surface area (Å²) < 4.78 is 15.7. The Bertz CT molecular complexity index is 764. The Balaban J connectivity index is 1.64. The van der Waals surface area contributed by atoms with E-state index in [-0.39, 0.29) is 11.8 Å². The summed E-state index contributed by atoms with van der Waals surface area (Å²) in [7, 11) is 1.55. The van der Waals surface area contributed by atoms with Gasteiger partial charge in [0.25, 0.3) is 11.8 Å². The van der Waals surface area contributed by atoms with Crippen LogP contribution in [0.2, 0.25) is 0 Å². The first-order valence-electron chi connectivity index (χ1n) is 8.55. The van der Waals surface area contributed by atoms with Gasteiger partial charge < -0.3 is 23.7 Å². The Labute approximate surface area is 152 Å². The molecular formula is C19H22N2O5. The lowest BCUT2D eigenvalue weighted by Crippen LogP contribution is -2.50. The Hall–Kier alpha value is -2.96. The van der Waals surface area contributed by atoms with Gasteiger partial charge in [-0.15, -0.1) is 0 Å². The molecule has 1 aliphatic rings. The number of benzene rings is 1. The summed E-state index contributed by atoms with van der Waals surface area (Å²) in [6, 6.07) is 6.81. The normalized spacial score (nSPS) is 14.2. The van der Waals surface area contributed by atoms with Crippen LogP contribution in [0.4, 0.5) is 0 Å². The molecule has 7 heteroatoms. The molecule has 0 aliphatic carbocycles. The van der Waals surface area contributed by atoms with Crippen molar-refractivity contribution in [3.63, 3.8) is 0 Å². The van der Waals surface area contributed by atoms with Crippen LogP contribution in [0.5, 0.6) is 11.5 Å². The van der Waals surface area contributed by atoms with Crippen LogP contribution >= 0.6 is 0 Å². The van der Waals surface area contributed by atoms with E-state index in [0.29, 0.717) is 55.4 Å². The average Bonchev–Trinajstić information content (AvgIpc) is 3.22. The van der Waals surface area contributed by atoms with Crippen LogP contribution in [-0.4, -0.2) is 61.5 Å². The molecule has 2 amide bonds. The van der Waals surface area contributed by atoms with E-state index in [1.807, 2.05) is 6.92 Å². The maximum Gasteiger partial charge on any atom is 0.257 e. The fraction of sp³-hybridized carbons (Fsp3) is 0.368. The first-order valence-corrected chi connectivity index (χ1v) is 8.55. The largest absolute Gasteiger partial charge is 0.493 e. The van der Waals surface area contributed by atoms with Gasteiger partial charge in [-0.1, -0.05) is 0 Å². The number of nitrogens with zero attached hydrogens (tertiary/aromatic N) is 2. The van der Waals surface area contributed by atoms with Crippen molar-refractivity contribution in [2.75, 3.05) is 39.9 Å². The summed E-state index contributed by atoms with van der Waals surface area (Å²) in [5.74, 6) is 0.990. The molecule has 2 aromatic rings. The number of rotatable bonds is 5. The number of carbonyl (C=O) groups excluding carboxylic acids is 2. The van der Waals surface area contributed by atoms with Crippen LogP contribution in [0, 0.1) is 0 Å². The highest BCUT2D eigenvalue weighted by molar-refractivity contribution is 5.96. The molecule has 1 saturated heterocycles. The molecule has 26 heavy (non-hydrogen) atoms. The van der Waals surface area contributed by atoms with Crippen molar-refractivity contribution in [3.8, 4) is 11.5 Å². The van der Waals surface area contributed by atoms with Gasteiger partial charge in [0.15, 0.2) is 11.5 Å². The fourth-order valence-electron chi connectivity index (χ4n) is 2.94. The molecule has 0 saturated carbocycles. The zero-order valence-electron chi connectivity index (χ0n) is 14.9. The Kier molecular flexibility index (Phi) is 5.46. The maximum atomic E-state index is 12.8. The third-order valence-corrected chi connectivity index (χ3v) is 4.33. The van der Waals surface area contributed by atoms with E-state index in [2.05, 4.69) is 0 Å². The lowest BCUT2D eigenvalue weighted by Gasteiger charge is -2.34. The minimum Gasteiger partial charge on any atom is -0.493 e. The molecule has 1 fully saturated rings. The van der Waals surface area contributed by atoms with Crippen LogP contribution in [0.1, 0.15) is 27.6 Å². The molecule has 138 valence electrons. The second kappa shape index (κ2) is 7.95. The smallest absolute Gasteiger partial charge is 0.257 e. The molecule has 3 rings (SSSR count). The van der Waals surface area contributed by atoms with Crippen molar-refractivity contribution >= 4 is 11.8 Å². The number of furan rings is 1. The zero-order chi connectivity index (χ0) is 18.5. The van der Waals surface area contributed by atoms with Crippen molar-refractivity contribution < 1.29 is 23.5 Å². The standard InChI is InChI=1S/C19H22N2O5/c1-3-26-16-5-4-14(12-17(16)24-2)18(22)20-7-9-21(10-8-20)19(23)15-6-11-25-13-15/h4-6,11-13H,3,7-10H2,1-2H3. The number of hydrogen-bond acceptors (Lipinski definition) is 5. The molecular weight excluding hydrogens is 336 g/mol. The molecule has 0 N–H and O–H groups in total. The Morgan fingerprint density at radius 2 is 1.65 bits per heavy atom. The van der Waals surface area contributed by atoms with Crippen LogP contribution in [-0.2, 0) is 0 Å². The first-order chi connectivity index (χ1) is 12.6. The molecule has 0 atom stereocenters. The van der Waals surface area contributed by atoms with Gasteiger partial charge in [0, 0.05) is 31.7 Å². The summed E-state index contributed by atoms with van der Waals surface area (Å²) in [5.41, 5.74) is 1.07. The van der Waals surface area contributed by atoms with Gasteiger partial charge in [-0.25, -0.2) is 0 Å². The van der Waals surface area contributed by atoms with Gasteiger partial charge in [-0.3, -0.25) is 9.59 Å². The fourth-order valence-corrected chi connectivity index (χ4v) is 2.94. The average molecular weight is 358 g/mol. The van der Waals surface area contributed by atoms with Gasteiger partial charge >= 0.3 is 0 Å². The van der Waals surface area contributed by atoms with E-state index in [1.165, 1.54) is 12.5 Å². The Morgan fingerprint density at radius 1 is 1.00 bits per heavy atom. The SMILES string of the molecule is CCOc1ccc(C(=O)N2CCN(C(=O)c3ccoc3)CC2)cc1OC. The van der Waals surface area contributed by atoms with Crippen molar-refractivity contribution in [1.82, 2.24) is 9.80 Å². The molecule has 0 unspecified atom stereocenters. The third kappa shape index (κ3) is 3.66. The van der Waals surface area contributed by atoms with E-state index in [4.69, 9.17) is 13.9 Å². The van der Waals surface area contributed by atoms with Gasteiger partial charge in [-0.05, 0) is 31.2 Å². The molecule has 1 aromatic carbocycles. The van der Waals surface area contributed by atoms with Crippen LogP contribution < -0.4 is 9.47 Å². The molecule has 1 aliphatic heterocycles. The van der Waals surface area contributed by atoms with E-state index in [9.17, 15) is 9.59 Å². The summed E-state index contributed by atoms with van der Waals surface area (Å²) in [5, 5.41) is 0. The monoisotopic (exact) mass is 358 g/mol. The molecule has 2 heterocycles. The van der Waals surface area contributed by atoms with Crippen LogP contribution in [0.25, 0.3) is 0 Å². The predicted octanol–water partition coefficient (Wildman–Crippen LogP) is 2.29. The van der Waals surface area contributed by atoms with Crippen molar-refractivity contribution in [2.45, 2.75) is 6.92 Å². The van der Waals surface area contributed by atoms with Gasteiger partial charge in [0.05, 0.1) is 25.5 Å². The van der Waals surface area contributed by atoms with E-state index < -0.39 is 0 Å². The minimum absolute atomic E-state index is 0.0754. The summed E-state index contributed by atoms with van der Waals surface area (Å²) in [6.45, 7) is 4.36. The van der Waals surface area contributed by atoms with Gasteiger partial charge in [0.1, 0.15) is 6.26 Å². The molecule has 1 aromatic heterocycles. The molecule has 0 bridgehead atoms. The molecule has 0 spiro atoms. The lowest BCUT2D eigenvalue weighted by molar-refractivity contribution is 0.0535. The number of amides is 2. The molecule has 7 nitrogen and oxygen atoms in total. The second-order valence-electron chi connectivity index (χ2n) is 5.90. The maximum absolute atomic E-state index is 12.8. The highest BCUT2D eigenvalue weighted by Crippen LogP contribution is 2.28. The minimum atomic E-state index is -0.0817. The van der Waals surface area contributed by atoms with Gasteiger partial charge in [-0.2, -0.15) is 0 Å². The van der Waals surface area contributed by atoms with Crippen molar-refractivity contribution in [2.24, 2.45) is 0 Å². The first kappa shape index (κ1) is 17.8. The highest BCUT2D eigenvalue weighted by Gasteiger charge is 2.26. The lowest BCUT2D eigenvalue weighted by atomic mass is 10.1.